The maximum absolute atomic E-state index is 5.80. The quantitative estimate of drug-likeness (QED) is 0.821. The molecular weight excluding hydrogens is 262 g/mol. The third kappa shape index (κ3) is 2.97. The number of benzene rings is 1. The molecule has 0 saturated carbocycles. The summed E-state index contributed by atoms with van der Waals surface area (Å²) in [4.78, 5) is 1.05. The van der Waals surface area contributed by atoms with Crippen LogP contribution in [0.2, 0.25) is 0 Å². The van der Waals surface area contributed by atoms with E-state index in [1.807, 2.05) is 6.26 Å². The number of anilines is 2. The molecular formula is C13H17N3S2. The minimum atomic E-state index is 0.622. The van der Waals surface area contributed by atoms with Crippen LogP contribution in [0.15, 0.2) is 29.2 Å². The lowest BCUT2D eigenvalue weighted by atomic mass is 10.1. The molecule has 1 aromatic carbocycles. The van der Waals surface area contributed by atoms with Gasteiger partial charge in [-0.05, 0) is 35.3 Å². The van der Waals surface area contributed by atoms with Crippen LogP contribution in [0.1, 0.15) is 18.1 Å². The molecule has 0 fully saturated rings. The molecule has 1 heterocycles. The van der Waals surface area contributed by atoms with Crippen LogP contribution in [0.25, 0.3) is 0 Å². The van der Waals surface area contributed by atoms with Crippen LogP contribution in [0.4, 0.5) is 10.8 Å². The van der Waals surface area contributed by atoms with E-state index < -0.39 is 0 Å². The standard InChI is InChI=1S/C13H17N3S2/c1-3-9-4-6-10(7-5-9)8-15-13-11(17-2)12(14)16-18-13/h4-7,15H,3,8H2,1-2H3,(H2,14,16). The number of hydrogen-bond acceptors (Lipinski definition) is 5. The fourth-order valence-electron chi connectivity index (χ4n) is 1.68. The van der Waals surface area contributed by atoms with Gasteiger partial charge in [-0.1, -0.05) is 31.2 Å². The molecule has 0 radical (unpaired) electrons. The van der Waals surface area contributed by atoms with Crippen LogP contribution in [0.5, 0.6) is 0 Å². The molecule has 0 spiro atoms. The van der Waals surface area contributed by atoms with E-state index >= 15 is 0 Å². The van der Waals surface area contributed by atoms with Crippen molar-refractivity contribution < 1.29 is 0 Å². The monoisotopic (exact) mass is 279 g/mol. The van der Waals surface area contributed by atoms with Gasteiger partial charge in [0.25, 0.3) is 0 Å². The zero-order valence-electron chi connectivity index (χ0n) is 10.6. The van der Waals surface area contributed by atoms with Gasteiger partial charge in [0, 0.05) is 6.54 Å². The Labute approximate surface area is 116 Å². The van der Waals surface area contributed by atoms with Gasteiger partial charge in [-0.3, -0.25) is 0 Å². The minimum absolute atomic E-state index is 0.622. The first-order valence-corrected chi connectivity index (χ1v) is 7.85. The van der Waals surface area contributed by atoms with Gasteiger partial charge in [0.05, 0.1) is 4.90 Å². The fourth-order valence-corrected chi connectivity index (χ4v) is 3.22. The van der Waals surface area contributed by atoms with Gasteiger partial charge in [0.15, 0.2) is 5.82 Å². The zero-order valence-corrected chi connectivity index (χ0v) is 12.2. The average Bonchev–Trinajstić information content (AvgIpc) is 2.77. The van der Waals surface area contributed by atoms with E-state index in [1.165, 1.54) is 22.7 Å². The summed E-state index contributed by atoms with van der Waals surface area (Å²) in [6, 6.07) is 8.67. The Morgan fingerprint density at radius 2 is 1.94 bits per heavy atom. The normalized spacial score (nSPS) is 10.6. The summed E-state index contributed by atoms with van der Waals surface area (Å²) in [5.41, 5.74) is 8.43. The van der Waals surface area contributed by atoms with E-state index in [0.29, 0.717) is 5.82 Å². The summed E-state index contributed by atoms with van der Waals surface area (Å²) in [6.07, 6.45) is 3.09. The number of hydrogen-bond donors (Lipinski definition) is 2. The zero-order chi connectivity index (χ0) is 13.0. The molecule has 3 nitrogen and oxygen atoms in total. The van der Waals surface area contributed by atoms with Crippen LogP contribution in [0, 0.1) is 0 Å². The second-order valence-corrected chi connectivity index (χ2v) is 5.54. The van der Waals surface area contributed by atoms with Crippen LogP contribution in [-0.2, 0) is 13.0 Å². The van der Waals surface area contributed by atoms with Crippen LogP contribution >= 0.6 is 23.3 Å². The first-order valence-electron chi connectivity index (χ1n) is 5.85. The molecule has 3 N–H and O–H groups in total. The number of nitrogens with two attached hydrogens (primary N) is 1. The maximum Gasteiger partial charge on any atom is 0.153 e. The molecule has 0 bridgehead atoms. The Balaban J connectivity index is 2.02. The topological polar surface area (TPSA) is 50.9 Å². The minimum Gasteiger partial charge on any atom is -0.382 e. The molecule has 0 aliphatic rings. The van der Waals surface area contributed by atoms with Crippen molar-refractivity contribution in [3.63, 3.8) is 0 Å². The third-order valence-electron chi connectivity index (χ3n) is 2.76. The largest absolute Gasteiger partial charge is 0.382 e. The van der Waals surface area contributed by atoms with Gasteiger partial charge in [0.2, 0.25) is 0 Å². The second kappa shape index (κ2) is 6.11. The third-order valence-corrected chi connectivity index (χ3v) is 4.53. The molecule has 0 aliphatic carbocycles. The smallest absolute Gasteiger partial charge is 0.153 e. The van der Waals surface area contributed by atoms with Crippen molar-refractivity contribution in [1.82, 2.24) is 4.37 Å². The average molecular weight is 279 g/mol. The Hall–Kier alpha value is -1.20. The first-order chi connectivity index (χ1) is 8.74. The number of thioether (sulfide) groups is 1. The SMILES string of the molecule is CCc1ccc(CNc2snc(N)c2SC)cc1. The Morgan fingerprint density at radius 1 is 1.28 bits per heavy atom. The summed E-state index contributed by atoms with van der Waals surface area (Å²) in [5.74, 6) is 0.622. The summed E-state index contributed by atoms with van der Waals surface area (Å²) in [6.45, 7) is 2.97. The van der Waals surface area contributed by atoms with Gasteiger partial charge in [-0.15, -0.1) is 11.8 Å². The van der Waals surface area contributed by atoms with Crippen molar-refractivity contribution in [2.75, 3.05) is 17.3 Å². The molecule has 0 aliphatic heterocycles. The van der Waals surface area contributed by atoms with Gasteiger partial charge in [-0.25, -0.2) is 0 Å². The van der Waals surface area contributed by atoms with E-state index in [0.717, 1.165) is 22.9 Å². The number of aryl methyl sites for hydroxylation is 1. The maximum atomic E-state index is 5.80. The van der Waals surface area contributed by atoms with E-state index in [2.05, 4.69) is 40.9 Å². The van der Waals surface area contributed by atoms with E-state index in [-0.39, 0.29) is 0 Å². The predicted octanol–water partition coefficient (Wildman–Crippen LogP) is 3.62. The molecule has 2 rings (SSSR count). The highest BCUT2D eigenvalue weighted by molar-refractivity contribution is 7.99. The van der Waals surface area contributed by atoms with Gasteiger partial charge in [0.1, 0.15) is 5.00 Å². The lowest BCUT2D eigenvalue weighted by molar-refractivity contribution is 1.11. The van der Waals surface area contributed by atoms with Gasteiger partial charge >= 0.3 is 0 Å². The summed E-state index contributed by atoms with van der Waals surface area (Å²) >= 11 is 3.05. The van der Waals surface area contributed by atoms with Crippen molar-refractivity contribution >= 4 is 34.1 Å². The molecule has 1 aromatic heterocycles. The molecule has 0 atom stereocenters. The molecule has 18 heavy (non-hydrogen) atoms. The van der Waals surface area contributed by atoms with Gasteiger partial charge in [-0.2, -0.15) is 4.37 Å². The van der Waals surface area contributed by atoms with Gasteiger partial charge < -0.3 is 11.1 Å². The summed E-state index contributed by atoms with van der Waals surface area (Å²) in [5, 5.41) is 4.45. The molecule has 0 saturated heterocycles. The molecule has 5 heteroatoms. The Bertz CT molecular complexity index is 505. The lowest BCUT2D eigenvalue weighted by Crippen LogP contribution is -1.99. The van der Waals surface area contributed by atoms with Crippen LogP contribution in [-0.4, -0.2) is 10.6 Å². The Morgan fingerprint density at radius 3 is 2.56 bits per heavy atom. The number of nitrogens with one attached hydrogen (secondary N) is 1. The highest BCUT2D eigenvalue weighted by Crippen LogP contribution is 2.34. The van der Waals surface area contributed by atoms with E-state index in [1.54, 1.807) is 11.8 Å². The highest BCUT2D eigenvalue weighted by Gasteiger charge is 2.09. The highest BCUT2D eigenvalue weighted by atomic mass is 32.2. The number of nitrogen functional groups attached to an aromatic ring is 1. The lowest BCUT2D eigenvalue weighted by Gasteiger charge is -2.06. The first kappa shape index (κ1) is 13.2. The number of rotatable bonds is 5. The fraction of sp³-hybridized carbons (Fsp3) is 0.308. The molecule has 2 aromatic rings. The van der Waals surface area contributed by atoms with E-state index in [9.17, 15) is 0 Å². The number of nitrogens with zero attached hydrogens (tertiary/aromatic N) is 1. The second-order valence-electron chi connectivity index (χ2n) is 3.95. The van der Waals surface area contributed by atoms with Crippen molar-refractivity contribution in [1.29, 1.82) is 0 Å². The molecule has 0 amide bonds. The molecule has 0 unspecified atom stereocenters. The molecule has 96 valence electrons. The Kier molecular flexibility index (Phi) is 4.49. The van der Waals surface area contributed by atoms with Crippen molar-refractivity contribution in [2.45, 2.75) is 24.8 Å². The van der Waals surface area contributed by atoms with E-state index in [4.69, 9.17) is 5.73 Å². The number of aromatic nitrogens is 1. The van der Waals surface area contributed by atoms with Crippen molar-refractivity contribution in [3.8, 4) is 0 Å². The van der Waals surface area contributed by atoms with Crippen molar-refractivity contribution in [2.24, 2.45) is 0 Å². The summed E-state index contributed by atoms with van der Waals surface area (Å²) < 4.78 is 4.16. The summed E-state index contributed by atoms with van der Waals surface area (Å²) in [7, 11) is 0. The van der Waals surface area contributed by atoms with Crippen molar-refractivity contribution in [3.05, 3.63) is 35.4 Å². The van der Waals surface area contributed by atoms with Crippen LogP contribution < -0.4 is 11.1 Å². The van der Waals surface area contributed by atoms with Crippen LogP contribution in [0.3, 0.4) is 0 Å². The predicted molar refractivity (Wildman–Crippen MR) is 81.5 cm³/mol.